The third-order valence-electron chi connectivity index (χ3n) is 3.47. The molecule has 17 heavy (non-hydrogen) atoms. The highest BCUT2D eigenvalue weighted by atomic mass is 79.9. The molecule has 1 aliphatic rings. The molecular weight excluding hydrogens is 294 g/mol. The Morgan fingerprint density at radius 3 is 2.82 bits per heavy atom. The Labute approximate surface area is 117 Å². The van der Waals surface area contributed by atoms with Crippen molar-refractivity contribution in [3.63, 3.8) is 0 Å². The van der Waals surface area contributed by atoms with Crippen LogP contribution in [-0.4, -0.2) is 12.6 Å². The summed E-state index contributed by atoms with van der Waals surface area (Å²) in [7, 11) is 0. The number of thiophene rings is 1. The second-order valence-corrected chi connectivity index (χ2v) is 7.54. The van der Waals surface area contributed by atoms with Crippen molar-refractivity contribution in [2.75, 3.05) is 6.54 Å². The lowest BCUT2D eigenvalue weighted by Gasteiger charge is -2.29. The van der Waals surface area contributed by atoms with Crippen LogP contribution in [0, 0.1) is 5.41 Å². The van der Waals surface area contributed by atoms with Crippen LogP contribution in [0.5, 0.6) is 0 Å². The van der Waals surface area contributed by atoms with Crippen LogP contribution in [0.2, 0.25) is 0 Å². The van der Waals surface area contributed by atoms with E-state index in [1.54, 1.807) is 0 Å². The lowest BCUT2D eigenvalue weighted by Crippen LogP contribution is -2.34. The van der Waals surface area contributed by atoms with Crippen LogP contribution in [0.25, 0.3) is 0 Å². The molecule has 1 heterocycles. The maximum absolute atomic E-state index is 3.70. The van der Waals surface area contributed by atoms with Gasteiger partial charge in [0.25, 0.3) is 0 Å². The standard InChI is InChI=1S/C14H22BrNS/c1-3-6-14(2,10-16-12-4-5-12)8-13-7-11(15)9-17-13/h7,9,12,16H,3-6,8,10H2,1-2H3. The molecule has 1 aliphatic carbocycles. The highest BCUT2D eigenvalue weighted by molar-refractivity contribution is 9.10. The zero-order valence-electron chi connectivity index (χ0n) is 10.8. The normalized spacial score (nSPS) is 19.2. The van der Waals surface area contributed by atoms with Crippen LogP contribution in [0.1, 0.15) is 44.4 Å². The van der Waals surface area contributed by atoms with Crippen molar-refractivity contribution in [1.29, 1.82) is 0 Å². The Bertz CT molecular complexity index is 359. The van der Waals surface area contributed by atoms with E-state index in [1.165, 1.54) is 48.0 Å². The van der Waals surface area contributed by atoms with Gasteiger partial charge in [0, 0.05) is 27.3 Å². The molecule has 1 saturated carbocycles. The molecule has 0 bridgehead atoms. The second-order valence-electron chi connectivity index (χ2n) is 5.62. The first-order chi connectivity index (χ1) is 8.11. The lowest BCUT2D eigenvalue weighted by atomic mass is 9.81. The smallest absolute Gasteiger partial charge is 0.0285 e. The van der Waals surface area contributed by atoms with Gasteiger partial charge in [0.15, 0.2) is 0 Å². The van der Waals surface area contributed by atoms with E-state index in [4.69, 9.17) is 0 Å². The summed E-state index contributed by atoms with van der Waals surface area (Å²) in [6.45, 7) is 5.89. The van der Waals surface area contributed by atoms with Crippen molar-refractivity contribution >= 4 is 27.3 Å². The van der Waals surface area contributed by atoms with Gasteiger partial charge in [-0.15, -0.1) is 11.3 Å². The van der Waals surface area contributed by atoms with Crippen LogP contribution in [0.4, 0.5) is 0 Å². The molecule has 1 N–H and O–H groups in total. The summed E-state index contributed by atoms with van der Waals surface area (Å²) in [6.07, 6.45) is 6.55. The van der Waals surface area contributed by atoms with E-state index in [1.807, 2.05) is 11.3 Å². The van der Waals surface area contributed by atoms with E-state index in [-0.39, 0.29) is 0 Å². The Morgan fingerprint density at radius 1 is 1.53 bits per heavy atom. The fourth-order valence-corrected chi connectivity index (χ4v) is 4.06. The minimum atomic E-state index is 0.418. The molecule has 0 saturated heterocycles. The second kappa shape index (κ2) is 5.85. The monoisotopic (exact) mass is 315 g/mol. The highest BCUT2D eigenvalue weighted by Crippen LogP contribution is 2.32. The first-order valence-corrected chi connectivity index (χ1v) is 8.25. The molecule has 0 spiro atoms. The molecule has 1 nitrogen and oxygen atoms in total. The zero-order valence-corrected chi connectivity index (χ0v) is 13.2. The minimum absolute atomic E-state index is 0.418. The van der Waals surface area contributed by atoms with E-state index in [2.05, 4.69) is 46.5 Å². The lowest BCUT2D eigenvalue weighted by molar-refractivity contribution is 0.276. The Morgan fingerprint density at radius 2 is 2.29 bits per heavy atom. The Kier molecular flexibility index (Phi) is 4.67. The highest BCUT2D eigenvalue weighted by Gasteiger charge is 2.28. The summed E-state index contributed by atoms with van der Waals surface area (Å²) in [4.78, 5) is 1.51. The first-order valence-electron chi connectivity index (χ1n) is 6.57. The van der Waals surface area contributed by atoms with Gasteiger partial charge in [-0.3, -0.25) is 0 Å². The molecule has 0 aromatic carbocycles. The number of hydrogen-bond acceptors (Lipinski definition) is 2. The molecule has 0 radical (unpaired) electrons. The Balaban J connectivity index is 1.93. The van der Waals surface area contributed by atoms with Gasteiger partial charge in [-0.25, -0.2) is 0 Å². The maximum atomic E-state index is 3.70. The summed E-state index contributed by atoms with van der Waals surface area (Å²) in [5.41, 5.74) is 0.418. The fourth-order valence-electron chi connectivity index (χ4n) is 2.39. The van der Waals surface area contributed by atoms with Crippen molar-refractivity contribution < 1.29 is 0 Å². The molecular formula is C14H22BrNS. The van der Waals surface area contributed by atoms with E-state index in [0.717, 1.165) is 6.04 Å². The summed E-state index contributed by atoms with van der Waals surface area (Å²) in [5, 5.41) is 5.89. The zero-order chi connectivity index (χ0) is 12.3. The topological polar surface area (TPSA) is 12.0 Å². The molecule has 1 aromatic rings. The first kappa shape index (κ1) is 13.6. The fraction of sp³-hybridized carbons (Fsp3) is 0.714. The van der Waals surface area contributed by atoms with Gasteiger partial charge in [-0.1, -0.05) is 20.3 Å². The maximum Gasteiger partial charge on any atom is 0.0285 e. The van der Waals surface area contributed by atoms with E-state index in [9.17, 15) is 0 Å². The average Bonchev–Trinajstić information content (AvgIpc) is 3.01. The molecule has 0 amide bonds. The summed E-state index contributed by atoms with van der Waals surface area (Å²) in [6, 6.07) is 3.09. The van der Waals surface area contributed by atoms with E-state index >= 15 is 0 Å². The number of hydrogen-bond donors (Lipinski definition) is 1. The van der Waals surface area contributed by atoms with Gasteiger partial charge in [0.2, 0.25) is 0 Å². The van der Waals surface area contributed by atoms with Crippen LogP contribution in [-0.2, 0) is 6.42 Å². The average molecular weight is 316 g/mol. The molecule has 1 unspecified atom stereocenters. The molecule has 2 rings (SSSR count). The van der Waals surface area contributed by atoms with Crippen molar-refractivity contribution in [2.24, 2.45) is 5.41 Å². The Hall–Kier alpha value is 0.140. The van der Waals surface area contributed by atoms with Crippen molar-refractivity contribution in [3.05, 3.63) is 20.8 Å². The van der Waals surface area contributed by atoms with E-state index < -0.39 is 0 Å². The van der Waals surface area contributed by atoms with Gasteiger partial charge >= 0.3 is 0 Å². The van der Waals surface area contributed by atoms with Crippen LogP contribution >= 0.6 is 27.3 Å². The molecule has 3 heteroatoms. The van der Waals surface area contributed by atoms with Gasteiger partial charge < -0.3 is 5.32 Å². The predicted molar refractivity (Wildman–Crippen MR) is 79.8 cm³/mol. The molecule has 1 fully saturated rings. The third-order valence-corrected chi connectivity index (χ3v) is 5.17. The van der Waals surface area contributed by atoms with Gasteiger partial charge in [-0.05, 0) is 53.1 Å². The summed E-state index contributed by atoms with van der Waals surface area (Å²) < 4.78 is 1.23. The number of nitrogens with one attached hydrogen (secondary N) is 1. The van der Waals surface area contributed by atoms with Crippen molar-refractivity contribution in [3.8, 4) is 0 Å². The molecule has 1 atom stereocenters. The van der Waals surface area contributed by atoms with Gasteiger partial charge in [0.1, 0.15) is 0 Å². The summed E-state index contributed by atoms with van der Waals surface area (Å²) >= 11 is 5.42. The van der Waals surface area contributed by atoms with Crippen molar-refractivity contribution in [1.82, 2.24) is 5.32 Å². The van der Waals surface area contributed by atoms with Gasteiger partial charge in [-0.2, -0.15) is 0 Å². The molecule has 0 aliphatic heterocycles. The van der Waals surface area contributed by atoms with Gasteiger partial charge in [0.05, 0.1) is 0 Å². The van der Waals surface area contributed by atoms with E-state index in [0.29, 0.717) is 5.41 Å². The van der Waals surface area contributed by atoms with Crippen LogP contribution < -0.4 is 5.32 Å². The predicted octanol–water partition coefficient (Wildman–Crippen LogP) is 4.61. The largest absolute Gasteiger partial charge is 0.313 e. The SMILES string of the molecule is CCCC(C)(CNC1CC1)Cc1cc(Br)cs1. The minimum Gasteiger partial charge on any atom is -0.313 e. The number of rotatable bonds is 7. The quantitative estimate of drug-likeness (QED) is 0.774. The summed E-state index contributed by atoms with van der Waals surface area (Å²) in [5.74, 6) is 0. The molecule has 1 aromatic heterocycles. The molecule has 96 valence electrons. The van der Waals surface area contributed by atoms with Crippen molar-refractivity contribution in [2.45, 2.75) is 52.0 Å². The van der Waals surface area contributed by atoms with Crippen LogP contribution in [0.15, 0.2) is 15.9 Å². The number of halogens is 1. The third kappa shape index (κ3) is 4.38. The van der Waals surface area contributed by atoms with Crippen LogP contribution in [0.3, 0.4) is 0 Å².